The average Bonchev–Trinajstić information content (AvgIpc) is 2.59. The highest BCUT2D eigenvalue weighted by Gasteiger charge is 2.24. The third-order valence-corrected chi connectivity index (χ3v) is 4.79. The summed E-state index contributed by atoms with van der Waals surface area (Å²) in [4.78, 5) is 26.3. The topological polar surface area (TPSA) is 69.0 Å². The number of hydrogen-bond acceptors (Lipinski definition) is 6. The third-order valence-electron chi connectivity index (χ3n) is 4.79. The molecule has 0 bridgehead atoms. The lowest BCUT2D eigenvalue weighted by Gasteiger charge is -2.31. The fourth-order valence-corrected chi connectivity index (χ4v) is 3.55. The van der Waals surface area contributed by atoms with Gasteiger partial charge in [0.05, 0.1) is 19.1 Å². The van der Waals surface area contributed by atoms with Crippen LogP contribution in [-0.2, 0) is 22.5 Å². The summed E-state index contributed by atoms with van der Waals surface area (Å²) in [6.07, 6.45) is -0.0906. The summed E-state index contributed by atoms with van der Waals surface area (Å²) in [5, 5.41) is 0.842. The number of aryl methyl sites for hydroxylation is 2. The molecule has 0 spiro atoms. The standard InChI is InChI=1S/C20H25NO5/c1-11(2)8-21-9-14-6-15-12(3)16(7-17(22)24-5)20(23)26-19(15)13(4)18(14)25-10-21/h6,11H,7-10H2,1-5H3. The van der Waals surface area contributed by atoms with E-state index in [1.807, 2.05) is 19.9 Å². The van der Waals surface area contributed by atoms with E-state index < -0.39 is 11.6 Å². The van der Waals surface area contributed by atoms with Crippen molar-refractivity contribution in [2.75, 3.05) is 20.4 Å². The lowest BCUT2D eigenvalue weighted by molar-refractivity contribution is -0.139. The molecule has 0 fully saturated rings. The molecule has 3 rings (SSSR count). The molecule has 1 aliphatic heterocycles. The number of fused-ring (bicyclic) bond motifs is 2. The lowest BCUT2D eigenvalue weighted by atomic mass is 9.97. The van der Waals surface area contributed by atoms with Crippen molar-refractivity contribution in [1.29, 1.82) is 0 Å². The van der Waals surface area contributed by atoms with E-state index in [9.17, 15) is 9.59 Å². The van der Waals surface area contributed by atoms with Crippen LogP contribution in [0.5, 0.6) is 5.75 Å². The predicted octanol–water partition coefficient (Wildman–Crippen LogP) is 2.93. The Hall–Kier alpha value is -2.34. The molecule has 26 heavy (non-hydrogen) atoms. The zero-order chi connectivity index (χ0) is 19.0. The second-order valence-electron chi connectivity index (χ2n) is 7.29. The van der Waals surface area contributed by atoms with E-state index in [0.717, 1.165) is 40.9 Å². The number of benzene rings is 1. The van der Waals surface area contributed by atoms with Crippen LogP contribution < -0.4 is 10.4 Å². The van der Waals surface area contributed by atoms with Crippen molar-refractivity contribution in [2.45, 2.75) is 40.7 Å². The van der Waals surface area contributed by atoms with Crippen molar-refractivity contribution in [3.63, 3.8) is 0 Å². The van der Waals surface area contributed by atoms with Gasteiger partial charge in [0, 0.05) is 29.6 Å². The minimum atomic E-state index is -0.499. The summed E-state index contributed by atoms with van der Waals surface area (Å²) >= 11 is 0. The quantitative estimate of drug-likeness (QED) is 0.618. The molecule has 0 aliphatic carbocycles. The van der Waals surface area contributed by atoms with Crippen LogP contribution in [-0.4, -0.2) is 31.3 Å². The summed E-state index contributed by atoms with van der Waals surface area (Å²) in [7, 11) is 1.31. The van der Waals surface area contributed by atoms with Crippen molar-refractivity contribution in [3.8, 4) is 5.75 Å². The van der Waals surface area contributed by atoms with E-state index in [1.54, 1.807) is 0 Å². The second kappa shape index (κ2) is 7.11. The fraction of sp³-hybridized carbons (Fsp3) is 0.500. The third kappa shape index (κ3) is 3.33. The second-order valence-corrected chi connectivity index (χ2v) is 7.29. The van der Waals surface area contributed by atoms with E-state index in [0.29, 0.717) is 23.8 Å². The maximum absolute atomic E-state index is 12.4. The number of nitrogens with zero attached hydrogens (tertiary/aromatic N) is 1. The van der Waals surface area contributed by atoms with E-state index >= 15 is 0 Å². The summed E-state index contributed by atoms with van der Waals surface area (Å²) in [6.45, 7) is 10.4. The Bertz CT molecular complexity index is 913. The molecule has 0 radical (unpaired) electrons. The van der Waals surface area contributed by atoms with E-state index in [1.165, 1.54) is 7.11 Å². The van der Waals surface area contributed by atoms with Crippen molar-refractivity contribution in [1.82, 2.24) is 4.90 Å². The number of methoxy groups -OCH3 is 1. The molecule has 1 aromatic heterocycles. The number of carbonyl (C=O) groups is 1. The first-order chi connectivity index (χ1) is 12.3. The number of esters is 1. The largest absolute Gasteiger partial charge is 0.477 e. The Morgan fingerprint density at radius 2 is 2.04 bits per heavy atom. The molecule has 2 aromatic rings. The minimum absolute atomic E-state index is 0.0906. The molecule has 1 aliphatic rings. The first-order valence-corrected chi connectivity index (χ1v) is 8.82. The van der Waals surface area contributed by atoms with E-state index in [4.69, 9.17) is 13.9 Å². The van der Waals surface area contributed by atoms with Gasteiger partial charge in [0.15, 0.2) is 0 Å². The fourth-order valence-electron chi connectivity index (χ4n) is 3.55. The van der Waals surface area contributed by atoms with Gasteiger partial charge in [-0.15, -0.1) is 0 Å². The van der Waals surface area contributed by atoms with Gasteiger partial charge in [-0.2, -0.15) is 0 Å². The van der Waals surface area contributed by atoms with Gasteiger partial charge in [-0.25, -0.2) is 4.79 Å². The number of ether oxygens (including phenoxy) is 2. The van der Waals surface area contributed by atoms with Gasteiger partial charge in [0.2, 0.25) is 0 Å². The highest BCUT2D eigenvalue weighted by molar-refractivity contribution is 5.88. The molecular weight excluding hydrogens is 334 g/mol. The Balaban J connectivity index is 2.11. The zero-order valence-electron chi connectivity index (χ0n) is 16.0. The Kier molecular flexibility index (Phi) is 5.05. The Morgan fingerprint density at radius 1 is 1.31 bits per heavy atom. The first kappa shape index (κ1) is 18.5. The smallest absolute Gasteiger partial charge is 0.340 e. The lowest BCUT2D eigenvalue weighted by Crippen LogP contribution is -2.35. The van der Waals surface area contributed by atoms with Crippen LogP contribution in [0, 0.1) is 19.8 Å². The van der Waals surface area contributed by atoms with Crippen molar-refractivity contribution in [3.05, 3.63) is 38.7 Å². The molecule has 140 valence electrons. The van der Waals surface area contributed by atoms with Gasteiger partial charge >= 0.3 is 11.6 Å². The molecule has 0 atom stereocenters. The van der Waals surface area contributed by atoms with Crippen LogP contribution in [0.3, 0.4) is 0 Å². The van der Waals surface area contributed by atoms with Gasteiger partial charge in [-0.3, -0.25) is 9.69 Å². The SMILES string of the molecule is COC(=O)Cc1c(C)c2cc3c(c(C)c2oc1=O)OCN(CC(C)C)C3. The van der Waals surface area contributed by atoms with Gasteiger partial charge in [-0.05, 0) is 31.4 Å². The Labute approximate surface area is 152 Å². The summed E-state index contributed by atoms with van der Waals surface area (Å²) < 4.78 is 16.2. The summed E-state index contributed by atoms with van der Waals surface area (Å²) in [5.41, 5.74) is 3.03. The maximum Gasteiger partial charge on any atom is 0.340 e. The summed E-state index contributed by atoms with van der Waals surface area (Å²) in [6, 6.07) is 2.02. The molecule has 0 N–H and O–H groups in total. The van der Waals surface area contributed by atoms with Gasteiger partial charge < -0.3 is 13.9 Å². The average molecular weight is 359 g/mol. The Morgan fingerprint density at radius 3 is 2.69 bits per heavy atom. The molecule has 2 heterocycles. The van der Waals surface area contributed by atoms with Gasteiger partial charge in [0.1, 0.15) is 18.1 Å². The zero-order valence-corrected chi connectivity index (χ0v) is 16.0. The minimum Gasteiger partial charge on any atom is -0.477 e. The molecular formula is C20H25NO5. The van der Waals surface area contributed by atoms with Crippen LogP contribution in [0.1, 0.15) is 36.1 Å². The number of rotatable bonds is 4. The van der Waals surface area contributed by atoms with Crippen molar-refractivity contribution < 1.29 is 18.7 Å². The number of carbonyl (C=O) groups excluding carboxylic acids is 1. The van der Waals surface area contributed by atoms with Crippen LogP contribution in [0.15, 0.2) is 15.3 Å². The molecule has 0 amide bonds. The maximum atomic E-state index is 12.4. The van der Waals surface area contributed by atoms with Crippen LogP contribution in [0.2, 0.25) is 0 Å². The van der Waals surface area contributed by atoms with Crippen molar-refractivity contribution >= 4 is 16.9 Å². The van der Waals surface area contributed by atoms with E-state index in [-0.39, 0.29) is 6.42 Å². The van der Waals surface area contributed by atoms with Gasteiger partial charge in [-0.1, -0.05) is 13.8 Å². The highest BCUT2D eigenvalue weighted by Crippen LogP contribution is 2.36. The van der Waals surface area contributed by atoms with E-state index in [2.05, 4.69) is 18.7 Å². The summed E-state index contributed by atoms with van der Waals surface area (Å²) in [5.74, 6) is 0.884. The highest BCUT2D eigenvalue weighted by atomic mass is 16.5. The first-order valence-electron chi connectivity index (χ1n) is 8.82. The molecule has 1 aromatic carbocycles. The predicted molar refractivity (Wildman–Crippen MR) is 98.4 cm³/mol. The van der Waals surface area contributed by atoms with Crippen LogP contribution in [0.4, 0.5) is 0 Å². The van der Waals surface area contributed by atoms with Crippen molar-refractivity contribution in [2.24, 2.45) is 5.92 Å². The molecule has 0 unspecified atom stereocenters. The molecule has 0 saturated heterocycles. The molecule has 6 nitrogen and oxygen atoms in total. The van der Waals surface area contributed by atoms with Crippen LogP contribution >= 0.6 is 0 Å². The molecule has 6 heteroatoms. The normalized spacial score (nSPS) is 14.4. The van der Waals surface area contributed by atoms with Gasteiger partial charge in [0.25, 0.3) is 0 Å². The van der Waals surface area contributed by atoms with Crippen LogP contribution in [0.25, 0.3) is 11.0 Å². The number of hydrogen-bond donors (Lipinski definition) is 0. The molecule has 0 saturated carbocycles. The monoisotopic (exact) mass is 359 g/mol.